The van der Waals surface area contributed by atoms with E-state index < -0.39 is 16.1 Å². The van der Waals surface area contributed by atoms with Crippen LogP contribution in [0.2, 0.25) is 0 Å². The summed E-state index contributed by atoms with van der Waals surface area (Å²) in [6.07, 6.45) is 1.04. The molecule has 9 nitrogen and oxygen atoms in total. The van der Waals surface area contributed by atoms with Gasteiger partial charge >= 0.3 is 0 Å². The molecule has 0 aromatic heterocycles. The Morgan fingerprint density at radius 1 is 1.28 bits per heavy atom. The van der Waals surface area contributed by atoms with Gasteiger partial charge in [-0.05, 0) is 49.1 Å². The summed E-state index contributed by atoms with van der Waals surface area (Å²) in [5, 5.41) is 5.51. The summed E-state index contributed by atoms with van der Waals surface area (Å²) in [4.78, 5) is 24.5. The van der Waals surface area contributed by atoms with E-state index in [0.717, 1.165) is 11.3 Å². The van der Waals surface area contributed by atoms with Crippen molar-refractivity contribution in [3.8, 4) is 11.5 Å². The van der Waals surface area contributed by atoms with Crippen molar-refractivity contribution in [1.29, 1.82) is 0 Å². The number of methoxy groups -OCH3 is 1. The lowest BCUT2D eigenvalue weighted by atomic mass is 10.2. The van der Waals surface area contributed by atoms with Crippen molar-refractivity contribution in [2.75, 3.05) is 25.6 Å². The van der Waals surface area contributed by atoms with Crippen molar-refractivity contribution in [1.82, 2.24) is 9.62 Å². The van der Waals surface area contributed by atoms with Crippen LogP contribution in [0.3, 0.4) is 0 Å². The molecule has 0 bridgehead atoms. The van der Waals surface area contributed by atoms with Gasteiger partial charge in [0.05, 0.1) is 17.7 Å². The number of fused-ring (bicyclic) bond motifs is 1. The van der Waals surface area contributed by atoms with Gasteiger partial charge in [-0.2, -0.15) is 4.31 Å². The standard InChI is InChI=1S/C22H25N3O6S/c1-14-10-17-19(31-13-21(26)24-17)11-20(14)32(28,29)25-9-3-4-18(25)22(27)23-12-15-5-7-16(30-2)8-6-15/h5-8,10-11,18H,3-4,9,12-13H2,1-2H3,(H,23,27)(H,24,26)/t18-/m0/s1. The van der Waals surface area contributed by atoms with E-state index in [1.165, 1.54) is 10.4 Å². The van der Waals surface area contributed by atoms with Crippen molar-refractivity contribution in [2.45, 2.75) is 37.2 Å². The molecule has 4 rings (SSSR count). The molecule has 0 saturated carbocycles. The van der Waals surface area contributed by atoms with E-state index in [9.17, 15) is 18.0 Å². The number of nitrogens with one attached hydrogen (secondary N) is 2. The Kier molecular flexibility index (Phi) is 6.07. The van der Waals surface area contributed by atoms with Crippen LogP contribution in [0.15, 0.2) is 41.3 Å². The van der Waals surface area contributed by atoms with E-state index in [0.29, 0.717) is 36.4 Å². The van der Waals surface area contributed by atoms with Gasteiger partial charge in [0.25, 0.3) is 5.91 Å². The maximum atomic E-state index is 13.5. The van der Waals surface area contributed by atoms with E-state index in [1.807, 2.05) is 12.1 Å². The maximum absolute atomic E-state index is 13.5. The van der Waals surface area contributed by atoms with Gasteiger partial charge in [-0.25, -0.2) is 8.42 Å². The molecular weight excluding hydrogens is 434 g/mol. The number of aryl methyl sites for hydroxylation is 1. The number of carbonyl (C=O) groups is 2. The van der Waals surface area contributed by atoms with E-state index in [1.54, 1.807) is 32.2 Å². The predicted molar refractivity (Wildman–Crippen MR) is 117 cm³/mol. The van der Waals surface area contributed by atoms with Crippen molar-refractivity contribution in [3.63, 3.8) is 0 Å². The number of amides is 2. The Morgan fingerprint density at radius 3 is 2.75 bits per heavy atom. The number of nitrogens with zero attached hydrogens (tertiary/aromatic N) is 1. The number of sulfonamides is 1. The van der Waals surface area contributed by atoms with Gasteiger partial charge in [0.15, 0.2) is 6.61 Å². The van der Waals surface area contributed by atoms with Crippen LogP contribution in [-0.4, -0.2) is 50.8 Å². The van der Waals surface area contributed by atoms with Crippen LogP contribution >= 0.6 is 0 Å². The Labute approximate surface area is 186 Å². The average molecular weight is 460 g/mol. The van der Waals surface area contributed by atoms with Gasteiger partial charge in [-0.1, -0.05) is 12.1 Å². The first kappa shape index (κ1) is 22.1. The van der Waals surface area contributed by atoms with Crippen LogP contribution in [0.4, 0.5) is 5.69 Å². The second-order valence-corrected chi connectivity index (χ2v) is 9.65. The van der Waals surface area contributed by atoms with Gasteiger partial charge in [0.2, 0.25) is 15.9 Å². The third-order valence-electron chi connectivity index (χ3n) is 5.63. The zero-order chi connectivity index (χ0) is 22.9. The molecular formula is C22H25N3O6S. The molecule has 2 aromatic carbocycles. The lowest BCUT2D eigenvalue weighted by Crippen LogP contribution is -2.45. The number of hydrogen-bond donors (Lipinski definition) is 2. The Hall–Kier alpha value is -3.11. The molecule has 0 spiro atoms. The molecule has 10 heteroatoms. The smallest absolute Gasteiger partial charge is 0.262 e. The molecule has 2 heterocycles. The minimum atomic E-state index is -3.94. The molecule has 2 aromatic rings. The third-order valence-corrected chi connectivity index (χ3v) is 7.68. The summed E-state index contributed by atoms with van der Waals surface area (Å²) in [7, 11) is -2.36. The zero-order valence-corrected chi connectivity index (χ0v) is 18.7. The summed E-state index contributed by atoms with van der Waals surface area (Å²) in [6, 6.07) is 9.51. The second kappa shape index (κ2) is 8.79. The zero-order valence-electron chi connectivity index (χ0n) is 17.9. The monoisotopic (exact) mass is 459 g/mol. The summed E-state index contributed by atoms with van der Waals surface area (Å²) < 4.78 is 38.7. The summed E-state index contributed by atoms with van der Waals surface area (Å²) in [6.45, 7) is 2.04. The van der Waals surface area contributed by atoms with Gasteiger partial charge in [-0.15, -0.1) is 0 Å². The van der Waals surface area contributed by atoms with Crippen LogP contribution in [0.5, 0.6) is 11.5 Å². The van der Waals surface area contributed by atoms with Gasteiger partial charge in [0, 0.05) is 19.2 Å². The lowest BCUT2D eigenvalue weighted by molar-refractivity contribution is -0.124. The van der Waals surface area contributed by atoms with Crippen molar-refractivity contribution in [2.24, 2.45) is 0 Å². The summed E-state index contributed by atoms with van der Waals surface area (Å²) >= 11 is 0. The molecule has 0 radical (unpaired) electrons. The summed E-state index contributed by atoms with van der Waals surface area (Å²) in [5.41, 5.74) is 1.79. The Bertz CT molecular complexity index is 1150. The largest absolute Gasteiger partial charge is 0.497 e. The number of carbonyl (C=O) groups excluding carboxylic acids is 2. The lowest BCUT2D eigenvalue weighted by Gasteiger charge is -2.26. The first-order valence-electron chi connectivity index (χ1n) is 10.3. The van der Waals surface area contributed by atoms with Gasteiger partial charge < -0.3 is 20.1 Å². The fourth-order valence-electron chi connectivity index (χ4n) is 3.96. The van der Waals surface area contributed by atoms with Gasteiger partial charge in [0.1, 0.15) is 17.5 Å². The molecule has 1 saturated heterocycles. The number of ether oxygens (including phenoxy) is 2. The van der Waals surface area contributed by atoms with Crippen molar-refractivity contribution in [3.05, 3.63) is 47.5 Å². The first-order chi connectivity index (χ1) is 15.3. The quantitative estimate of drug-likeness (QED) is 0.681. The summed E-state index contributed by atoms with van der Waals surface area (Å²) in [5.74, 6) is 0.396. The molecule has 1 atom stereocenters. The molecule has 1 fully saturated rings. The number of rotatable bonds is 6. The van der Waals surface area contributed by atoms with Crippen molar-refractivity contribution < 1.29 is 27.5 Å². The van der Waals surface area contributed by atoms with E-state index in [2.05, 4.69) is 10.6 Å². The maximum Gasteiger partial charge on any atom is 0.262 e. The fraction of sp³-hybridized carbons (Fsp3) is 0.364. The van der Waals surface area contributed by atoms with Crippen LogP contribution in [0.25, 0.3) is 0 Å². The van der Waals surface area contributed by atoms with E-state index >= 15 is 0 Å². The van der Waals surface area contributed by atoms with Crippen LogP contribution < -0.4 is 20.1 Å². The topological polar surface area (TPSA) is 114 Å². The third kappa shape index (κ3) is 4.28. The second-order valence-electron chi connectivity index (χ2n) is 7.79. The highest BCUT2D eigenvalue weighted by Gasteiger charge is 2.40. The first-order valence-corrected chi connectivity index (χ1v) is 11.7. The van der Waals surface area contributed by atoms with Crippen molar-refractivity contribution >= 4 is 27.5 Å². The van der Waals surface area contributed by atoms with Gasteiger partial charge in [-0.3, -0.25) is 9.59 Å². The highest BCUT2D eigenvalue weighted by atomic mass is 32.2. The molecule has 0 unspecified atom stereocenters. The molecule has 2 amide bonds. The molecule has 2 aliphatic rings. The number of anilines is 1. The highest BCUT2D eigenvalue weighted by Crippen LogP contribution is 2.36. The molecule has 32 heavy (non-hydrogen) atoms. The van der Waals surface area contributed by atoms with Crippen LogP contribution in [0, 0.1) is 6.92 Å². The molecule has 0 aliphatic carbocycles. The minimum Gasteiger partial charge on any atom is -0.497 e. The molecule has 170 valence electrons. The van der Waals surface area contributed by atoms with Crippen LogP contribution in [0.1, 0.15) is 24.0 Å². The molecule has 2 aliphatic heterocycles. The minimum absolute atomic E-state index is 0.0715. The predicted octanol–water partition coefficient (Wildman–Crippen LogP) is 1.80. The molecule has 2 N–H and O–H groups in total. The van der Waals surface area contributed by atoms with Crippen LogP contribution in [-0.2, 0) is 26.2 Å². The Morgan fingerprint density at radius 2 is 2.03 bits per heavy atom. The number of hydrogen-bond acceptors (Lipinski definition) is 6. The highest BCUT2D eigenvalue weighted by molar-refractivity contribution is 7.89. The van der Waals surface area contributed by atoms with E-state index in [4.69, 9.17) is 9.47 Å². The fourth-order valence-corrected chi connectivity index (χ4v) is 5.84. The average Bonchev–Trinajstić information content (AvgIpc) is 3.28. The normalized spacial score (nSPS) is 18.4. The number of benzene rings is 2. The Balaban J connectivity index is 1.51. The van der Waals surface area contributed by atoms with E-state index in [-0.39, 0.29) is 29.9 Å². The SMILES string of the molecule is COc1ccc(CNC(=O)[C@@H]2CCCN2S(=O)(=O)c2cc3c(cc2C)NC(=O)CO3)cc1.